The predicted octanol–water partition coefficient (Wildman–Crippen LogP) is 5.82. The minimum absolute atomic E-state index is 0.172. The van der Waals surface area contributed by atoms with Crippen molar-refractivity contribution in [2.75, 3.05) is 32.5 Å². The quantitative estimate of drug-likeness (QED) is 0.324. The second-order valence-electron chi connectivity index (χ2n) is 9.08. The van der Waals surface area contributed by atoms with E-state index in [-0.39, 0.29) is 12.3 Å². The first-order valence-corrected chi connectivity index (χ1v) is 13.5. The number of hydrogen-bond acceptors (Lipinski definition) is 6. The Labute approximate surface area is 216 Å². The number of fused-ring (bicyclic) bond motifs is 1. The van der Waals surface area contributed by atoms with Crippen molar-refractivity contribution in [3.8, 4) is 5.75 Å². The molecule has 3 heterocycles. The third-order valence-corrected chi connectivity index (χ3v) is 8.09. The van der Waals surface area contributed by atoms with Gasteiger partial charge in [0.2, 0.25) is 0 Å². The number of aryl methyl sites for hydroxylation is 1. The maximum Gasteiger partial charge on any atom is 0.303 e. The zero-order valence-corrected chi connectivity index (χ0v) is 21.6. The van der Waals surface area contributed by atoms with Gasteiger partial charge in [-0.2, -0.15) is 0 Å². The lowest BCUT2D eigenvalue weighted by Gasteiger charge is -2.38. The Kier molecular flexibility index (Phi) is 9.24. The maximum absolute atomic E-state index is 11.6. The molecule has 4 rings (SSSR count). The van der Waals surface area contributed by atoms with Crippen LogP contribution in [0, 0.1) is 11.8 Å². The number of rotatable bonds is 11. The third-order valence-electron chi connectivity index (χ3n) is 6.84. The number of methoxy groups -OCH3 is 1. The number of pyridine rings is 2. The molecule has 3 aromatic rings. The Balaban J connectivity index is 1.34. The number of hydrogen-bond donors (Lipinski definition) is 1. The fraction of sp³-hybridized carbons (Fsp3) is 0.444. The molecule has 0 spiro atoms. The van der Waals surface area contributed by atoms with E-state index in [0.717, 1.165) is 78.3 Å². The fourth-order valence-electron chi connectivity index (χ4n) is 5.03. The minimum atomic E-state index is -0.708. The molecule has 186 valence electrons. The van der Waals surface area contributed by atoms with Crippen LogP contribution in [0.1, 0.15) is 31.2 Å². The number of aliphatic carboxylic acids is 1. The summed E-state index contributed by atoms with van der Waals surface area (Å²) < 4.78 is 5.39. The maximum atomic E-state index is 11.6. The zero-order valence-electron chi connectivity index (χ0n) is 20.0. The Hall–Kier alpha value is -2.35. The monoisotopic (exact) mass is 513 g/mol. The zero-order chi connectivity index (χ0) is 24.6. The van der Waals surface area contributed by atoms with Crippen molar-refractivity contribution in [3.63, 3.8) is 0 Å². The molecule has 0 aliphatic carbocycles. The third kappa shape index (κ3) is 7.09. The van der Waals surface area contributed by atoms with Crippen molar-refractivity contribution in [2.24, 2.45) is 11.8 Å². The van der Waals surface area contributed by atoms with E-state index in [9.17, 15) is 9.90 Å². The van der Waals surface area contributed by atoms with Crippen molar-refractivity contribution in [3.05, 3.63) is 59.4 Å². The van der Waals surface area contributed by atoms with Gasteiger partial charge in [0.25, 0.3) is 0 Å². The first-order chi connectivity index (χ1) is 17.0. The number of nitrogens with zero attached hydrogens (tertiary/aromatic N) is 3. The molecule has 0 radical (unpaired) electrons. The standard InChI is InChI=1S/C27H32ClN3O3S/c1-34-21-8-9-25-23(16-21)22(24(28)17-30-25)6-4-5-19-10-12-31(18-20(19)15-27(32)33)13-14-35-26-7-2-3-11-29-26/h2-3,7-9,11,16-17,19-20H,4-6,10,12-15,18H2,1H3,(H,32,33). The van der Waals surface area contributed by atoms with E-state index < -0.39 is 5.97 Å². The second kappa shape index (κ2) is 12.6. The molecule has 0 bridgehead atoms. The molecule has 1 aliphatic heterocycles. The number of carboxylic acid groups (broad SMARTS) is 1. The van der Waals surface area contributed by atoms with E-state index in [4.69, 9.17) is 16.3 Å². The minimum Gasteiger partial charge on any atom is -0.497 e. The summed E-state index contributed by atoms with van der Waals surface area (Å²) in [5.41, 5.74) is 2.00. The van der Waals surface area contributed by atoms with Crippen LogP contribution in [0.2, 0.25) is 5.02 Å². The first-order valence-electron chi connectivity index (χ1n) is 12.1. The number of thioether (sulfide) groups is 1. The molecule has 1 aliphatic rings. The van der Waals surface area contributed by atoms with Crippen LogP contribution < -0.4 is 4.74 Å². The highest BCUT2D eigenvalue weighted by Crippen LogP contribution is 2.33. The highest BCUT2D eigenvalue weighted by atomic mass is 35.5. The normalized spacial score (nSPS) is 18.6. The first kappa shape index (κ1) is 25.7. The molecule has 35 heavy (non-hydrogen) atoms. The van der Waals surface area contributed by atoms with Crippen LogP contribution in [-0.4, -0.2) is 58.4 Å². The number of ether oxygens (including phenoxy) is 1. The summed E-state index contributed by atoms with van der Waals surface area (Å²) in [6.45, 7) is 2.81. The van der Waals surface area contributed by atoms with E-state index in [0.29, 0.717) is 10.9 Å². The molecule has 2 atom stereocenters. The Morgan fingerprint density at radius 2 is 2.14 bits per heavy atom. The summed E-state index contributed by atoms with van der Waals surface area (Å²) in [4.78, 5) is 22.8. The average molecular weight is 514 g/mol. The Morgan fingerprint density at radius 1 is 1.26 bits per heavy atom. The van der Waals surface area contributed by atoms with Crippen molar-refractivity contribution in [2.45, 2.75) is 37.1 Å². The molecule has 2 aromatic heterocycles. The van der Waals surface area contributed by atoms with Crippen LogP contribution in [0.4, 0.5) is 0 Å². The molecule has 1 N–H and O–H groups in total. The number of aromatic nitrogens is 2. The van der Waals surface area contributed by atoms with Gasteiger partial charge < -0.3 is 14.7 Å². The Bertz CT molecular complexity index is 1130. The van der Waals surface area contributed by atoms with E-state index in [2.05, 4.69) is 14.9 Å². The highest BCUT2D eigenvalue weighted by Gasteiger charge is 2.30. The van der Waals surface area contributed by atoms with Gasteiger partial charge in [0.1, 0.15) is 5.75 Å². The van der Waals surface area contributed by atoms with Gasteiger partial charge in [-0.3, -0.25) is 9.78 Å². The van der Waals surface area contributed by atoms with E-state index in [1.807, 2.05) is 42.6 Å². The van der Waals surface area contributed by atoms with E-state index in [1.165, 1.54) is 0 Å². The molecule has 1 saturated heterocycles. The lowest BCUT2D eigenvalue weighted by molar-refractivity contribution is -0.139. The molecule has 0 amide bonds. The summed E-state index contributed by atoms with van der Waals surface area (Å²) in [6, 6.07) is 11.8. The van der Waals surface area contributed by atoms with Crippen molar-refractivity contribution >= 4 is 40.2 Å². The lowest BCUT2D eigenvalue weighted by Crippen LogP contribution is -2.42. The van der Waals surface area contributed by atoms with Crippen LogP contribution >= 0.6 is 23.4 Å². The van der Waals surface area contributed by atoms with Gasteiger partial charge in [-0.15, -0.1) is 11.8 Å². The number of halogens is 1. The number of benzene rings is 1. The van der Waals surface area contributed by atoms with Crippen molar-refractivity contribution < 1.29 is 14.6 Å². The second-order valence-corrected chi connectivity index (χ2v) is 10.6. The number of carbonyl (C=O) groups is 1. The smallest absolute Gasteiger partial charge is 0.303 e. The van der Waals surface area contributed by atoms with Crippen molar-refractivity contribution in [1.29, 1.82) is 0 Å². The fourth-order valence-corrected chi connectivity index (χ4v) is 6.14. The van der Waals surface area contributed by atoms with Gasteiger partial charge >= 0.3 is 5.97 Å². The number of likely N-dealkylation sites (tertiary alicyclic amines) is 1. The lowest BCUT2D eigenvalue weighted by atomic mass is 9.80. The van der Waals surface area contributed by atoms with E-state index in [1.54, 1.807) is 25.1 Å². The molecule has 2 unspecified atom stereocenters. The molecular weight excluding hydrogens is 482 g/mol. The van der Waals surface area contributed by atoms with Crippen molar-refractivity contribution in [1.82, 2.24) is 14.9 Å². The SMILES string of the molecule is COc1ccc2ncc(Cl)c(CCCC3CCN(CCSc4ccccn4)CC3CC(=O)O)c2c1. The molecule has 1 fully saturated rings. The molecule has 1 aromatic carbocycles. The van der Waals surface area contributed by atoms with Gasteiger partial charge in [-0.1, -0.05) is 17.7 Å². The van der Waals surface area contributed by atoms with Gasteiger partial charge in [0, 0.05) is 43.0 Å². The summed E-state index contributed by atoms with van der Waals surface area (Å²) in [5.74, 6) is 1.62. The van der Waals surface area contributed by atoms with Gasteiger partial charge in [-0.25, -0.2) is 4.98 Å². The number of piperidine rings is 1. The molecule has 8 heteroatoms. The average Bonchev–Trinajstić information content (AvgIpc) is 2.86. The molecule has 6 nitrogen and oxygen atoms in total. The molecule has 0 saturated carbocycles. The van der Waals surface area contributed by atoms with Crippen LogP contribution in [0.3, 0.4) is 0 Å². The number of carboxylic acids is 1. The van der Waals surface area contributed by atoms with Crippen LogP contribution in [0.25, 0.3) is 10.9 Å². The summed E-state index contributed by atoms with van der Waals surface area (Å²) in [6.07, 6.45) is 7.60. The van der Waals surface area contributed by atoms with Gasteiger partial charge in [-0.05, 0) is 80.0 Å². The summed E-state index contributed by atoms with van der Waals surface area (Å²) >= 11 is 8.29. The van der Waals surface area contributed by atoms with Crippen LogP contribution in [-0.2, 0) is 11.2 Å². The highest BCUT2D eigenvalue weighted by molar-refractivity contribution is 7.99. The topological polar surface area (TPSA) is 75.5 Å². The van der Waals surface area contributed by atoms with Gasteiger partial charge in [0.15, 0.2) is 0 Å². The molecular formula is C27H32ClN3O3S. The van der Waals surface area contributed by atoms with Crippen LogP contribution in [0.15, 0.2) is 53.8 Å². The van der Waals surface area contributed by atoms with Crippen LogP contribution in [0.5, 0.6) is 5.75 Å². The van der Waals surface area contributed by atoms with E-state index >= 15 is 0 Å². The largest absolute Gasteiger partial charge is 0.497 e. The van der Waals surface area contributed by atoms with Gasteiger partial charge in [0.05, 0.1) is 22.7 Å². The summed E-state index contributed by atoms with van der Waals surface area (Å²) in [5, 5.41) is 12.3. The Morgan fingerprint density at radius 3 is 2.91 bits per heavy atom. The summed E-state index contributed by atoms with van der Waals surface area (Å²) in [7, 11) is 1.66. The predicted molar refractivity (Wildman–Crippen MR) is 141 cm³/mol.